The summed E-state index contributed by atoms with van der Waals surface area (Å²) in [5.41, 5.74) is 0.502. The Kier molecular flexibility index (Phi) is 5.16. The number of Topliss-reactive ketones (excluding diaryl/α,β-unsaturated/α-hetero) is 1. The van der Waals surface area contributed by atoms with Crippen LogP contribution in [0.25, 0.3) is 0 Å². The van der Waals surface area contributed by atoms with Gasteiger partial charge in [-0.15, -0.1) is 0 Å². The number of hydrogen-bond donors (Lipinski definition) is 2. The minimum atomic E-state index is -0.304. The van der Waals surface area contributed by atoms with Gasteiger partial charge in [0, 0.05) is 24.4 Å². The van der Waals surface area contributed by atoms with Crippen molar-refractivity contribution in [2.75, 3.05) is 19.8 Å². The number of amides is 1. The Morgan fingerprint density at radius 2 is 1.95 bits per heavy atom. The second-order valence-corrected chi connectivity index (χ2v) is 4.93. The monoisotopic (exact) mass is 293 g/mol. The number of ketones is 1. The summed E-state index contributed by atoms with van der Waals surface area (Å²) in [6, 6.07) is 4.71. The van der Waals surface area contributed by atoms with Gasteiger partial charge in [0.1, 0.15) is 13.2 Å². The predicted octanol–water partition coefficient (Wildman–Crippen LogP) is 0.918. The molecule has 1 unspecified atom stereocenters. The van der Waals surface area contributed by atoms with Crippen LogP contribution in [0.2, 0.25) is 0 Å². The second kappa shape index (κ2) is 7.08. The molecule has 1 aromatic rings. The summed E-state index contributed by atoms with van der Waals surface area (Å²) in [7, 11) is 0. The zero-order valence-corrected chi connectivity index (χ0v) is 11.9. The Morgan fingerprint density at radius 1 is 1.24 bits per heavy atom. The van der Waals surface area contributed by atoms with Crippen LogP contribution in [0.1, 0.15) is 30.1 Å². The largest absolute Gasteiger partial charge is 0.486 e. The van der Waals surface area contributed by atoms with Gasteiger partial charge in [-0.1, -0.05) is 0 Å². The fourth-order valence-corrected chi connectivity index (χ4v) is 1.98. The first-order chi connectivity index (χ1) is 10.1. The van der Waals surface area contributed by atoms with Gasteiger partial charge in [-0.25, -0.2) is 0 Å². The third-order valence-electron chi connectivity index (χ3n) is 3.12. The average molecular weight is 293 g/mol. The molecule has 1 aliphatic heterocycles. The first kappa shape index (κ1) is 15.3. The van der Waals surface area contributed by atoms with Crippen molar-refractivity contribution in [3.05, 3.63) is 23.8 Å². The van der Waals surface area contributed by atoms with E-state index >= 15 is 0 Å². The number of rotatable bonds is 6. The molecule has 6 heteroatoms. The van der Waals surface area contributed by atoms with E-state index in [1.807, 2.05) is 0 Å². The van der Waals surface area contributed by atoms with Crippen molar-refractivity contribution in [1.82, 2.24) is 5.32 Å². The molecule has 2 N–H and O–H groups in total. The Balaban J connectivity index is 1.90. The molecule has 0 saturated heterocycles. The first-order valence-corrected chi connectivity index (χ1v) is 6.93. The van der Waals surface area contributed by atoms with Gasteiger partial charge >= 0.3 is 0 Å². The molecule has 0 fully saturated rings. The van der Waals surface area contributed by atoms with Gasteiger partial charge in [-0.05, 0) is 25.1 Å². The van der Waals surface area contributed by atoms with Gasteiger partial charge in [0.05, 0.1) is 6.61 Å². The number of aliphatic hydroxyl groups excluding tert-OH is 1. The number of ether oxygens (including phenoxy) is 2. The molecular weight excluding hydrogens is 274 g/mol. The average Bonchev–Trinajstić information content (AvgIpc) is 2.51. The van der Waals surface area contributed by atoms with Crippen LogP contribution in [0.4, 0.5) is 0 Å². The Morgan fingerprint density at radius 3 is 2.67 bits per heavy atom. The van der Waals surface area contributed by atoms with Crippen LogP contribution >= 0.6 is 0 Å². The topological polar surface area (TPSA) is 84.9 Å². The van der Waals surface area contributed by atoms with Crippen LogP contribution in [0.3, 0.4) is 0 Å². The summed E-state index contributed by atoms with van der Waals surface area (Å²) in [6.07, 6.45) is 0.210. The van der Waals surface area contributed by atoms with E-state index in [-0.39, 0.29) is 37.2 Å². The molecule has 1 atom stereocenters. The third kappa shape index (κ3) is 4.19. The Labute approximate surface area is 123 Å². The zero-order chi connectivity index (χ0) is 15.2. The number of carbonyl (C=O) groups excluding carboxylic acids is 2. The van der Waals surface area contributed by atoms with E-state index in [1.165, 1.54) is 0 Å². The number of benzene rings is 1. The number of nitrogens with one attached hydrogen (secondary N) is 1. The lowest BCUT2D eigenvalue weighted by Crippen LogP contribution is -2.35. The molecule has 0 bridgehead atoms. The van der Waals surface area contributed by atoms with Crippen LogP contribution in [-0.4, -0.2) is 42.7 Å². The van der Waals surface area contributed by atoms with E-state index < -0.39 is 0 Å². The van der Waals surface area contributed by atoms with Crippen molar-refractivity contribution >= 4 is 11.7 Å². The van der Waals surface area contributed by atoms with E-state index in [2.05, 4.69) is 5.32 Å². The van der Waals surface area contributed by atoms with Crippen molar-refractivity contribution < 1.29 is 24.2 Å². The molecule has 2 rings (SSSR count). The summed E-state index contributed by atoms with van der Waals surface area (Å²) < 4.78 is 10.8. The maximum absolute atomic E-state index is 12.1. The Bertz CT molecular complexity index is 529. The van der Waals surface area contributed by atoms with E-state index in [1.54, 1.807) is 25.1 Å². The highest BCUT2D eigenvalue weighted by atomic mass is 16.6. The van der Waals surface area contributed by atoms with Crippen LogP contribution in [-0.2, 0) is 4.79 Å². The molecule has 0 aliphatic carbocycles. The standard InChI is InChI=1S/C15H19NO5/c1-10(9-17)16-15(19)5-3-12(18)11-2-4-13-14(8-11)21-7-6-20-13/h2,4,8,10,17H,3,5-7,9H2,1H3,(H,16,19). The lowest BCUT2D eigenvalue weighted by molar-refractivity contribution is -0.121. The molecule has 0 radical (unpaired) electrons. The van der Waals surface area contributed by atoms with Crippen molar-refractivity contribution in [3.8, 4) is 11.5 Å². The molecule has 21 heavy (non-hydrogen) atoms. The fraction of sp³-hybridized carbons (Fsp3) is 0.467. The predicted molar refractivity (Wildman–Crippen MR) is 75.7 cm³/mol. The van der Waals surface area contributed by atoms with Crippen molar-refractivity contribution in [2.45, 2.75) is 25.8 Å². The third-order valence-corrected chi connectivity index (χ3v) is 3.12. The highest BCUT2D eigenvalue weighted by molar-refractivity contribution is 5.98. The van der Waals surface area contributed by atoms with E-state index in [0.717, 1.165) is 0 Å². The molecule has 1 aromatic carbocycles. The van der Waals surface area contributed by atoms with E-state index in [4.69, 9.17) is 14.6 Å². The van der Waals surface area contributed by atoms with Crippen LogP contribution in [0.5, 0.6) is 11.5 Å². The summed E-state index contributed by atoms with van der Waals surface area (Å²) >= 11 is 0. The summed E-state index contributed by atoms with van der Waals surface area (Å²) in [4.78, 5) is 23.6. The quantitative estimate of drug-likeness (QED) is 0.762. The molecule has 0 saturated carbocycles. The van der Waals surface area contributed by atoms with Gasteiger partial charge in [0.15, 0.2) is 17.3 Å². The molecule has 114 valence electrons. The van der Waals surface area contributed by atoms with Gasteiger partial charge in [-0.3, -0.25) is 9.59 Å². The highest BCUT2D eigenvalue weighted by Crippen LogP contribution is 2.31. The molecule has 6 nitrogen and oxygen atoms in total. The zero-order valence-electron chi connectivity index (χ0n) is 11.9. The van der Waals surface area contributed by atoms with Crippen LogP contribution in [0.15, 0.2) is 18.2 Å². The lowest BCUT2D eigenvalue weighted by Gasteiger charge is -2.18. The Hall–Kier alpha value is -2.08. The van der Waals surface area contributed by atoms with E-state index in [9.17, 15) is 9.59 Å². The van der Waals surface area contributed by atoms with Crippen LogP contribution in [0, 0.1) is 0 Å². The summed E-state index contributed by atoms with van der Waals surface area (Å²) in [5, 5.41) is 11.4. The SMILES string of the molecule is CC(CO)NC(=O)CCC(=O)c1ccc2c(c1)OCCO2. The lowest BCUT2D eigenvalue weighted by atomic mass is 10.1. The number of aliphatic hydroxyl groups is 1. The maximum Gasteiger partial charge on any atom is 0.220 e. The van der Waals surface area contributed by atoms with E-state index in [0.29, 0.717) is 30.3 Å². The van der Waals surface area contributed by atoms with Gasteiger partial charge in [-0.2, -0.15) is 0 Å². The maximum atomic E-state index is 12.1. The molecule has 1 amide bonds. The van der Waals surface area contributed by atoms with Gasteiger partial charge in [0.2, 0.25) is 5.91 Å². The molecular formula is C15H19NO5. The smallest absolute Gasteiger partial charge is 0.220 e. The molecule has 1 heterocycles. The first-order valence-electron chi connectivity index (χ1n) is 6.93. The number of carbonyl (C=O) groups is 2. The minimum Gasteiger partial charge on any atom is -0.486 e. The number of fused-ring (bicyclic) bond motifs is 1. The summed E-state index contributed by atoms with van der Waals surface area (Å²) in [6.45, 7) is 2.54. The van der Waals surface area contributed by atoms with Crippen LogP contribution < -0.4 is 14.8 Å². The number of hydrogen-bond acceptors (Lipinski definition) is 5. The normalized spacial score (nSPS) is 14.4. The van der Waals surface area contributed by atoms with Gasteiger partial charge in [0.25, 0.3) is 0 Å². The molecule has 0 aromatic heterocycles. The highest BCUT2D eigenvalue weighted by Gasteiger charge is 2.16. The molecule has 0 spiro atoms. The van der Waals surface area contributed by atoms with Gasteiger partial charge < -0.3 is 19.9 Å². The van der Waals surface area contributed by atoms with Crippen molar-refractivity contribution in [2.24, 2.45) is 0 Å². The minimum absolute atomic E-state index is 0.0949. The second-order valence-electron chi connectivity index (χ2n) is 4.93. The molecule has 1 aliphatic rings. The fourth-order valence-electron chi connectivity index (χ4n) is 1.98. The van der Waals surface area contributed by atoms with Crippen molar-refractivity contribution in [1.29, 1.82) is 0 Å². The summed E-state index contributed by atoms with van der Waals surface area (Å²) in [5.74, 6) is 0.819. The van der Waals surface area contributed by atoms with Crippen molar-refractivity contribution in [3.63, 3.8) is 0 Å².